The molecular weight excluding hydrogens is 238 g/mol. The van der Waals surface area contributed by atoms with Crippen LogP contribution in [0.4, 0.5) is 0 Å². The molecule has 102 valence electrons. The maximum Gasteiger partial charge on any atom is 0.182 e. The Bertz CT molecular complexity index is 668. The number of hydrogen-bond donors (Lipinski definition) is 0. The lowest BCUT2D eigenvalue weighted by Crippen LogP contribution is -2.28. The van der Waals surface area contributed by atoms with E-state index >= 15 is 0 Å². The van der Waals surface area contributed by atoms with Gasteiger partial charge in [0.1, 0.15) is 16.5 Å². The van der Waals surface area contributed by atoms with Crippen LogP contribution >= 0.6 is 0 Å². The summed E-state index contributed by atoms with van der Waals surface area (Å²) >= 11 is 0. The highest BCUT2D eigenvalue weighted by Crippen LogP contribution is 2.10. The Labute approximate surface area is 114 Å². The molecule has 3 heteroatoms. The van der Waals surface area contributed by atoms with Crippen molar-refractivity contribution in [3.05, 3.63) is 51.3 Å². The molecule has 0 fully saturated rings. The quantitative estimate of drug-likeness (QED) is 0.790. The van der Waals surface area contributed by atoms with Crippen LogP contribution in [0.3, 0.4) is 0 Å². The Hall–Kier alpha value is -2.16. The first-order chi connectivity index (χ1) is 8.70. The molecule has 0 aromatic heterocycles. The predicted octanol–water partition coefficient (Wildman–Crippen LogP) is 2.57. The molecule has 0 saturated carbocycles. The van der Waals surface area contributed by atoms with Crippen molar-refractivity contribution in [1.82, 2.24) is 4.98 Å². The van der Waals surface area contributed by atoms with Gasteiger partial charge in [-0.3, -0.25) is 4.79 Å². The molecule has 2 rings (SSSR count). The molecule has 0 N–H and O–H groups in total. The SMILES string of the molecule is C.C=c1oc2cc(=O)ccc-2n/c1=C/C=C\C.CC. The minimum Gasteiger partial charge on any atom is -0.453 e. The van der Waals surface area contributed by atoms with Crippen molar-refractivity contribution in [2.75, 3.05) is 0 Å². The lowest BCUT2D eigenvalue weighted by Gasteiger charge is -2.01. The average Bonchev–Trinajstić information content (AvgIpc) is 2.39. The van der Waals surface area contributed by atoms with E-state index in [1.54, 1.807) is 6.07 Å². The molecule has 0 atom stereocenters. The summed E-state index contributed by atoms with van der Waals surface area (Å²) in [7, 11) is 0. The number of allylic oxidation sites excluding steroid dienone is 2. The van der Waals surface area contributed by atoms with Crippen molar-refractivity contribution in [3.63, 3.8) is 0 Å². The third-order valence-electron chi connectivity index (χ3n) is 2.14. The number of rotatable bonds is 1. The van der Waals surface area contributed by atoms with Gasteiger partial charge >= 0.3 is 0 Å². The maximum atomic E-state index is 11.1. The Balaban J connectivity index is 0.00000103. The topological polar surface area (TPSA) is 43.1 Å². The smallest absolute Gasteiger partial charge is 0.182 e. The molecule has 19 heavy (non-hydrogen) atoms. The molecule has 0 aromatic carbocycles. The number of nitrogens with zero attached hydrogens (tertiary/aromatic N) is 1. The van der Waals surface area contributed by atoms with Crippen molar-refractivity contribution in [2.24, 2.45) is 0 Å². The molecule has 2 aliphatic rings. The molecule has 0 radical (unpaired) electrons. The van der Waals surface area contributed by atoms with Crippen LogP contribution in [-0.2, 0) is 0 Å². The molecule has 0 bridgehead atoms. The van der Waals surface area contributed by atoms with Crippen molar-refractivity contribution >= 4 is 12.7 Å². The highest BCUT2D eigenvalue weighted by Gasteiger charge is 2.05. The standard InChI is InChI=1S/C13H11NO2.C2H6.CH4/c1-3-4-5-11-9(2)16-13-8-10(15)6-7-12(13)14-11;1-2;/h3-8H,2H2,1H3;1-2H3;1H4/b4-3-,11-5+;;. The zero-order chi connectivity index (χ0) is 13.5. The summed E-state index contributed by atoms with van der Waals surface area (Å²) in [5, 5.41) is 0.671. The van der Waals surface area contributed by atoms with E-state index in [2.05, 4.69) is 11.6 Å². The van der Waals surface area contributed by atoms with E-state index in [0.29, 0.717) is 22.2 Å². The first-order valence-electron chi connectivity index (χ1n) is 5.93. The predicted molar refractivity (Wildman–Crippen MR) is 81.5 cm³/mol. The van der Waals surface area contributed by atoms with Crippen LogP contribution in [0.5, 0.6) is 0 Å². The normalized spacial score (nSPS) is 11.0. The summed E-state index contributed by atoms with van der Waals surface area (Å²) in [4.78, 5) is 15.5. The van der Waals surface area contributed by atoms with Crippen molar-refractivity contribution < 1.29 is 4.42 Å². The van der Waals surface area contributed by atoms with Crippen molar-refractivity contribution in [1.29, 1.82) is 0 Å². The fourth-order valence-corrected chi connectivity index (χ4v) is 1.36. The molecule has 0 amide bonds. The van der Waals surface area contributed by atoms with Crippen LogP contribution < -0.4 is 16.2 Å². The van der Waals surface area contributed by atoms with Gasteiger partial charge in [-0.15, -0.1) is 0 Å². The zero-order valence-corrected chi connectivity index (χ0v) is 10.9. The molecule has 0 unspecified atom stereocenters. The molecule has 1 aliphatic heterocycles. The van der Waals surface area contributed by atoms with E-state index in [1.165, 1.54) is 12.1 Å². The third-order valence-corrected chi connectivity index (χ3v) is 2.14. The van der Waals surface area contributed by atoms with Crippen LogP contribution in [-0.4, -0.2) is 4.98 Å². The molecule has 1 heterocycles. The summed E-state index contributed by atoms with van der Waals surface area (Å²) in [5.74, 6) is 0.468. The second-order valence-corrected chi connectivity index (χ2v) is 3.34. The van der Waals surface area contributed by atoms with Crippen LogP contribution in [0.2, 0.25) is 0 Å². The second-order valence-electron chi connectivity index (χ2n) is 3.34. The average molecular weight is 259 g/mol. The van der Waals surface area contributed by atoms with Crippen LogP contribution in [0, 0.1) is 0 Å². The Morgan fingerprint density at radius 2 is 2.00 bits per heavy atom. The van der Waals surface area contributed by atoms with Gasteiger partial charge in [0.05, 0.1) is 0 Å². The van der Waals surface area contributed by atoms with Gasteiger partial charge in [-0.1, -0.05) is 40.0 Å². The van der Waals surface area contributed by atoms with Gasteiger partial charge in [0.15, 0.2) is 11.2 Å². The fraction of sp³-hybridized carbons (Fsp3) is 0.250. The monoisotopic (exact) mass is 259 g/mol. The minimum absolute atomic E-state index is 0. The molecule has 0 aromatic rings. The largest absolute Gasteiger partial charge is 0.453 e. The second kappa shape index (κ2) is 8.03. The third kappa shape index (κ3) is 4.21. The number of benzene rings is 1. The van der Waals surface area contributed by atoms with E-state index in [4.69, 9.17) is 4.42 Å². The van der Waals surface area contributed by atoms with Crippen LogP contribution in [0.15, 0.2) is 39.6 Å². The van der Waals surface area contributed by atoms with Gasteiger partial charge in [0.2, 0.25) is 0 Å². The van der Waals surface area contributed by atoms with Gasteiger partial charge in [0.25, 0.3) is 0 Å². The minimum atomic E-state index is -0.0948. The molecule has 1 aliphatic carbocycles. The summed E-state index contributed by atoms with van der Waals surface area (Å²) in [6.07, 6.45) is 5.57. The first-order valence-corrected chi connectivity index (χ1v) is 5.93. The van der Waals surface area contributed by atoms with Crippen molar-refractivity contribution in [2.45, 2.75) is 28.2 Å². The summed E-state index contributed by atoms with van der Waals surface area (Å²) < 4.78 is 5.43. The Morgan fingerprint density at radius 3 is 2.63 bits per heavy atom. The summed E-state index contributed by atoms with van der Waals surface area (Å²) in [6, 6.07) is 4.52. The van der Waals surface area contributed by atoms with Gasteiger partial charge in [-0.05, 0) is 25.1 Å². The van der Waals surface area contributed by atoms with Gasteiger partial charge in [0, 0.05) is 6.07 Å². The zero-order valence-electron chi connectivity index (χ0n) is 10.9. The maximum absolute atomic E-state index is 11.1. The van der Waals surface area contributed by atoms with E-state index < -0.39 is 0 Å². The van der Waals surface area contributed by atoms with E-state index in [1.807, 2.05) is 39.0 Å². The fourth-order valence-electron chi connectivity index (χ4n) is 1.36. The van der Waals surface area contributed by atoms with E-state index in [9.17, 15) is 4.79 Å². The molecule has 0 saturated heterocycles. The highest BCUT2D eigenvalue weighted by atomic mass is 16.3. The van der Waals surface area contributed by atoms with E-state index in [0.717, 1.165) is 0 Å². The number of hydrogen-bond acceptors (Lipinski definition) is 3. The first kappa shape index (κ1) is 16.8. The number of fused-ring (bicyclic) bond motifs is 1. The van der Waals surface area contributed by atoms with Crippen LogP contribution in [0.1, 0.15) is 28.2 Å². The Kier molecular flexibility index (Phi) is 7.12. The summed E-state index contributed by atoms with van der Waals surface area (Å²) in [6.45, 7) is 9.67. The van der Waals surface area contributed by atoms with Gasteiger partial charge < -0.3 is 4.42 Å². The summed E-state index contributed by atoms with van der Waals surface area (Å²) in [5.41, 5.74) is 1.02. The van der Waals surface area contributed by atoms with Crippen LogP contribution in [0.25, 0.3) is 24.1 Å². The Morgan fingerprint density at radius 1 is 1.32 bits per heavy atom. The van der Waals surface area contributed by atoms with E-state index in [-0.39, 0.29) is 12.9 Å². The van der Waals surface area contributed by atoms with Gasteiger partial charge in [-0.25, -0.2) is 4.98 Å². The van der Waals surface area contributed by atoms with Crippen molar-refractivity contribution in [3.8, 4) is 11.5 Å². The van der Waals surface area contributed by atoms with Gasteiger partial charge in [-0.2, -0.15) is 0 Å². The lowest BCUT2D eigenvalue weighted by molar-refractivity contribution is 0.515. The number of aromatic nitrogens is 1. The molecule has 3 nitrogen and oxygen atoms in total. The lowest BCUT2D eigenvalue weighted by atomic mass is 10.2. The highest BCUT2D eigenvalue weighted by molar-refractivity contribution is 5.53. The molecule has 0 spiro atoms. The molecular formula is C16H21NO2.